The largest absolute Gasteiger partial charge is 0.493 e. The van der Waals surface area contributed by atoms with Gasteiger partial charge in [-0.2, -0.15) is 0 Å². The van der Waals surface area contributed by atoms with Gasteiger partial charge in [0.2, 0.25) is 0 Å². The van der Waals surface area contributed by atoms with Gasteiger partial charge in [-0.25, -0.2) is 14.6 Å². The number of carbonyl (C=O) groups excluding carboxylic acids is 1. The first kappa shape index (κ1) is 33.2. The molecule has 1 aliphatic rings. The highest BCUT2D eigenvalue weighted by Gasteiger charge is 2.35. The van der Waals surface area contributed by atoms with E-state index in [1.54, 1.807) is 50.3 Å². The lowest BCUT2D eigenvalue weighted by molar-refractivity contribution is -0.139. The summed E-state index contributed by atoms with van der Waals surface area (Å²) >= 11 is 8.38. The Balaban J connectivity index is 1.53. The number of aromatic nitrogens is 1. The molecule has 5 rings (SSSR count). The maximum absolute atomic E-state index is 14.1. The smallest absolute Gasteiger partial charge is 0.338 e. The molecule has 2 heterocycles. The van der Waals surface area contributed by atoms with Crippen molar-refractivity contribution < 1.29 is 33.6 Å². The number of esters is 1. The monoisotopic (exact) mass is 770 g/mol. The van der Waals surface area contributed by atoms with E-state index in [0.29, 0.717) is 46.8 Å². The lowest BCUT2D eigenvalue weighted by atomic mass is 9.95. The second-order valence-corrected chi connectivity index (χ2v) is 12.7. The fraction of sp³-hybridized carbons (Fsp3) is 0.212. The number of rotatable bonds is 10. The third-order valence-corrected chi connectivity index (χ3v) is 9.45. The van der Waals surface area contributed by atoms with Gasteiger partial charge in [0.1, 0.15) is 12.4 Å². The van der Waals surface area contributed by atoms with Crippen LogP contribution in [0.5, 0.6) is 17.2 Å². The average Bonchev–Trinajstić information content (AvgIpc) is 3.33. The third-order valence-electron chi connectivity index (χ3n) is 7.16. The molecule has 0 unspecified atom stereocenters. The number of fused-ring (bicyclic) bond motifs is 1. The summed E-state index contributed by atoms with van der Waals surface area (Å²) in [7, 11) is 3.04. The number of carboxylic acids is 1. The number of carbonyl (C=O) groups is 2. The van der Waals surface area contributed by atoms with Crippen LogP contribution in [0.4, 0.5) is 0 Å². The van der Waals surface area contributed by atoms with Gasteiger partial charge in [-0.1, -0.05) is 45.5 Å². The number of aromatic carboxylic acids is 1. The molecule has 0 aliphatic carbocycles. The van der Waals surface area contributed by atoms with Crippen molar-refractivity contribution in [2.75, 3.05) is 20.8 Å². The fourth-order valence-corrected chi connectivity index (χ4v) is 7.04. The summed E-state index contributed by atoms with van der Waals surface area (Å²) in [6, 6.07) is 14.5. The molecule has 0 spiro atoms. The number of thiazole rings is 1. The van der Waals surface area contributed by atoms with Crippen LogP contribution in [-0.4, -0.2) is 42.4 Å². The van der Waals surface area contributed by atoms with E-state index < -0.39 is 18.0 Å². The molecule has 1 aliphatic heterocycles. The van der Waals surface area contributed by atoms with Crippen LogP contribution < -0.4 is 29.1 Å². The van der Waals surface area contributed by atoms with E-state index >= 15 is 0 Å². The number of benzene rings is 3. The molecular formula is C33H28Br2N2O8S. The second-order valence-electron chi connectivity index (χ2n) is 10.0. The number of hydrogen-bond acceptors (Lipinski definition) is 9. The Hall–Kier alpha value is -4.20. The normalized spacial score (nSPS) is 14.4. The SMILES string of the molecule is CCOC(=O)C1=C(C)N=c2s/c(=C/c3ccc(OCc4ccc(C(=O)O)cc4)c(Br)c3)c(=O)n2[C@H]1c1cc(OC)c(OC)cc1Br. The molecule has 0 saturated carbocycles. The minimum atomic E-state index is -0.989. The molecule has 0 saturated heterocycles. The quantitative estimate of drug-likeness (QED) is 0.206. The minimum absolute atomic E-state index is 0.158. The zero-order valence-electron chi connectivity index (χ0n) is 25.1. The minimum Gasteiger partial charge on any atom is -0.493 e. The van der Waals surface area contributed by atoms with Crippen molar-refractivity contribution in [3.05, 3.63) is 117 Å². The van der Waals surface area contributed by atoms with Gasteiger partial charge in [-0.3, -0.25) is 9.36 Å². The van der Waals surface area contributed by atoms with Gasteiger partial charge in [0.05, 0.1) is 52.7 Å². The number of methoxy groups -OCH3 is 2. The molecule has 1 atom stereocenters. The number of carboxylic acid groups (broad SMARTS) is 1. The zero-order chi connectivity index (χ0) is 33.1. The van der Waals surface area contributed by atoms with E-state index in [0.717, 1.165) is 11.1 Å². The Bertz CT molecular complexity index is 2050. The maximum Gasteiger partial charge on any atom is 0.338 e. The van der Waals surface area contributed by atoms with Gasteiger partial charge < -0.3 is 24.1 Å². The van der Waals surface area contributed by atoms with E-state index in [2.05, 4.69) is 36.9 Å². The van der Waals surface area contributed by atoms with Crippen molar-refractivity contribution >= 4 is 61.2 Å². The van der Waals surface area contributed by atoms with Crippen LogP contribution in [0.1, 0.15) is 46.9 Å². The standard InChI is InChI=1S/C33H28Br2N2O8S/c1-5-44-32(41)28-17(2)36-33-37(29(28)21-14-25(42-3)26(43-4)15-22(21)34)30(38)27(46-33)13-19-8-11-24(23(35)12-19)45-16-18-6-9-20(10-7-18)31(39)40/h6-15,29H,5,16H2,1-4H3,(H,39,40)/b27-13+/t29-/m0/s1. The molecule has 4 aromatic rings. The highest BCUT2D eigenvalue weighted by molar-refractivity contribution is 9.10. The van der Waals surface area contributed by atoms with Gasteiger partial charge in [0, 0.05) is 4.47 Å². The number of hydrogen-bond donors (Lipinski definition) is 1. The number of allylic oxidation sites excluding steroid dienone is 1. The van der Waals surface area contributed by atoms with Gasteiger partial charge in [0.25, 0.3) is 5.56 Å². The van der Waals surface area contributed by atoms with Gasteiger partial charge in [-0.15, -0.1) is 0 Å². The molecular weight excluding hydrogens is 744 g/mol. The number of halogens is 2. The topological polar surface area (TPSA) is 126 Å². The molecule has 238 valence electrons. The zero-order valence-corrected chi connectivity index (χ0v) is 29.1. The van der Waals surface area contributed by atoms with Crippen molar-refractivity contribution in [2.24, 2.45) is 4.99 Å². The summed E-state index contributed by atoms with van der Waals surface area (Å²) in [5.74, 6) is -0.0590. The summed E-state index contributed by atoms with van der Waals surface area (Å²) in [5.41, 5.74) is 2.72. The van der Waals surface area contributed by atoms with E-state index in [1.165, 1.54) is 42.3 Å². The van der Waals surface area contributed by atoms with Crippen molar-refractivity contribution in [3.63, 3.8) is 0 Å². The third kappa shape index (κ3) is 6.67. The van der Waals surface area contributed by atoms with Crippen molar-refractivity contribution in [1.82, 2.24) is 4.57 Å². The Morgan fingerprint density at radius 1 is 1.00 bits per heavy atom. The summed E-state index contributed by atoms with van der Waals surface area (Å²) in [6.07, 6.45) is 1.76. The highest BCUT2D eigenvalue weighted by atomic mass is 79.9. The Morgan fingerprint density at radius 3 is 2.33 bits per heavy atom. The molecule has 0 fully saturated rings. The lowest BCUT2D eigenvalue weighted by Crippen LogP contribution is -2.40. The molecule has 1 aromatic heterocycles. The Labute approximate surface area is 284 Å². The number of ether oxygens (including phenoxy) is 4. The van der Waals surface area contributed by atoms with Gasteiger partial charge in [0.15, 0.2) is 16.3 Å². The molecule has 10 nitrogen and oxygen atoms in total. The number of nitrogens with zero attached hydrogens (tertiary/aromatic N) is 2. The van der Waals surface area contributed by atoms with Crippen molar-refractivity contribution in [1.29, 1.82) is 0 Å². The molecule has 0 bridgehead atoms. The lowest BCUT2D eigenvalue weighted by Gasteiger charge is -2.26. The predicted octanol–water partition coefficient (Wildman–Crippen LogP) is 5.62. The first-order chi connectivity index (χ1) is 22.1. The van der Waals surface area contributed by atoms with Crippen LogP contribution >= 0.6 is 43.2 Å². The van der Waals surface area contributed by atoms with E-state index in [-0.39, 0.29) is 29.9 Å². The summed E-state index contributed by atoms with van der Waals surface area (Å²) in [6.45, 7) is 3.84. The van der Waals surface area contributed by atoms with Crippen LogP contribution in [0.2, 0.25) is 0 Å². The maximum atomic E-state index is 14.1. The van der Waals surface area contributed by atoms with E-state index in [9.17, 15) is 14.4 Å². The van der Waals surface area contributed by atoms with Crippen LogP contribution in [0.3, 0.4) is 0 Å². The molecule has 13 heteroatoms. The second kappa shape index (κ2) is 14.1. The van der Waals surface area contributed by atoms with Crippen LogP contribution in [0.15, 0.2) is 84.6 Å². The Kier molecular flexibility index (Phi) is 10.1. The van der Waals surface area contributed by atoms with Crippen molar-refractivity contribution in [3.8, 4) is 17.2 Å². The van der Waals surface area contributed by atoms with Crippen molar-refractivity contribution in [2.45, 2.75) is 26.5 Å². The van der Waals surface area contributed by atoms with Crippen LogP contribution in [0.25, 0.3) is 6.08 Å². The first-order valence-electron chi connectivity index (χ1n) is 13.9. The van der Waals surface area contributed by atoms with E-state index in [1.807, 2.05) is 12.1 Å². The molecule has 0 amide bonds. The molecule has 1 N–H and O–H groups in total. The average molecular weight is 772 g/mol. The summed E-state index contributed by atoms with van der Waals surface area (Å²) in [4.78, 5) is 43.5. The van der Waals surface area contributed by atoms with E-state index in [4.69, 9.17) is 24.1 Å². The molecule has 0 radical (unpaired) electrons. The first-order valence-corrected chi connectivity index (χ1v) is 16.3. The molecule has 46 heavy (non-hydrogen) atoms. The fourth-order valence-electron chi connectivity index (χ4n) is 4.95. The van der Waals surface area contributed by atoms with Crippen LogP contribution in [0, 0.1) is 0 Å². The van der Waals surface area contributed by atoms with Crippen LogP contribution in [-0.2, 0) is 16.1 Å². The summed E-state index contributed by atoms with van der Waals surface area (Å²) in [5, 5.41) is 9.10. The van der Waals surface area contributed by atoms with Gasteiger partial charge in [-0.05, 0) is 88.9 Å². The highest BCUT2D eigenvalue weighted by Crippen LogP contribution is 2.40. The summed E-state index contributed by atoms with van der Waals surface area (Å²) < 4.78 is 25.5. The Morgan fingerprint density at radius 2 is 1.70 bits per heavy atom. The molecule has 3 aromatic carbocycles. The van der Waals surface area contributed by atoms with Gasteiger partial charge >= 0.3 is 11.9 Å². The predicted molar refractivity (Wildman–Crippen MR) is 180 cm³/mol.